The van der Waals surface area contributed by atoms with Crippen LogP contribution >= 0.6 is 23.2 Å². The molecule has 1 aromatic carbocycles. The summed E-state index contributed by atoms with van der Waals surface area (Å²) >= 11 is 12.8. The van der Waals surface area contributed by atoms with Gasteiger partial charge >= 0.3 is 5.69 Å². The molecule has 0 bridgehead atoms. The Morgan fingerprint density at radius 2 is 1.79 bits per heavy atom. The molecule has 1 unspecified atom stereocenters. The Balaban J connectivity index is 2.04. The van der Waals surface area contributed by atoms with Gasteiger partial charge in [-0.3, -0.25) is 13.9 Å². The molecule has 9 heteroatoms. The summed E-state index contributed by atoms with van der Waals surface area (Å²) in [4.78, 5) is 26.5. The normalized spacial score (nSPS) is 17.5. The molecule has 1 atom stereocenters. The summed E-state index contributed by atoms with van der Waals surface area (Å²) in [7, 11) is 3.13. The van der Waals surface area contributed by atoms with Gasteiger partial charge in [0.25, 0.3) is 5.56 Å². The number of hydrogen-bond donors (Lipinski definition) is 0. The molecule has 4 aromatic rings. The predicted octanol–water partition coefficient (Wildman–Crippen LogP) is 4.77. The summed E-state index contributed by atoms with van der Waals surface area (Å²) in [6.07, 6.45) is -0.605. The Labute approximate surface area is 199 Å². The third kappa shape index (κ3) is 3.14. The summed E-state index contributed by atoms with van der Waals surface area (Å²) in [5.74, 6) is 1.34. The number of fused-ring (bicyclic) bond motifs is 3. The van der Waals surface area contributed by atoms with Crippen molar-refractivity contribution in [3.05, 3.63) is 78.4 Å². The lowest BCUT2D eigenvalue weighted by Gasteiger charge is -2.38. The molecule has 0 radical (unpaired) electrons. The summed E-state index contributed by atoms with van der Waals surface area (Å²) in [5, 5.41) is 1.30. The zero-order chi connectivity index (χ0) is 23.8. The summed E-state index contributed by atoms with van der Waals surface area (Å²) in [6, 6.07) is 8.91. The van der Waals surface area contributed by atoms with Crippen LogP contribution in [0.2, 0.25) is 10.0 Å². The predicted molar refractivity (Wildman–Crippen MR) is 128 cm³/mol. The maximum Gasteiger partial charge on any atom is 0.331 e. The van der Waals surface area contributed by atoms with Crippen molar-refractivity contribution in [2.24, 2.45) is 14.1 Å². The van der Waals surface area contributed by atoms with Gasteiger partial charge in [-0.1, -0.05) is 23.2 Å². The summed E-state index contributed by atoms with van der Waals surface area (Å²) in [5.41, 5.74) is 1.07. The number of benzene rings is 1. The highest BCUT2D eigenvalue weighted by Gasteiger charge is 2.42. The van der Waals surface area contributed by atoms with Crippen molar-refractivity contribution in [1.29, 1.82) is 0 Å². The molecule has 0 spiro atoms. The quantitative estimate of drug-likeness (QED) is 0.408. The van der Waals surface area contributed by atoms with Crippen LogP contribution in [0, 0.1) is 6.92 Å². The number of hydrogen-bond acceptors (Lipinski definition) is 4. The van der Waals surface area contributed by atoms with Gasteiger partial charge in [0.2, 0.25) is 0 Å². The first-order valence-corrected chi connectivity index (χ1v) is 11.3. The van der Waals surface area contributed by atoms with Crippen LogP contribution in [0.3, 0.4) is 0 Å². The van der Waals surface area contributed by atoms with Crippen molar-refractivity contribution in [1.82, 2.24) is 13.7 Å². The van der Waals surface area contributed by atoms with Crippen molar-refractivity contribution in [3.8, 4) is 11.3 Å². The standard InChI is InChI=1S/C24H23Cl2N3O4/c1-12-6-9-16(33-12)21-20-19-17(22(30)28(5)23(31)27(19)4)18(29(20)24(2,3)11-32-21)14-8-7-13(25)10-15(14)26/h6-10,21H,11H2,1-5H3. The molecule has 0 aliphatic carbocycles. The molecule has 0 saturated heterocycles. The summed E-state index contributed by atoms with van der Waals surface area (Å²) in [6.45, 7) is 6.26. The molecule has 4 heterocycles. The fourth-order valence-corrected chi connectivity index (χ4v) is 5.24. The Bertz CT molecular complexity index is 1550. The van der Waals surface area contributed by atoms with E-state index in [1.807, 2.05) is 32.9 Å². The van der Waals surface area contributed by atoms with Crippen LogP contribution in [0.5, 0.6) is 0 Å². The van der Waals surface area contributed by atoms with Crippen LogP contribution in [-0.4, -0.2) is 20.3 Å². The molecule has 33 heavy (non-hydrogen) atoms. The van der Waals surface area contributed by atoms with Gasteiger partial charge in [0.1, 0.15) is 11.5 Å². The van der Waals surface area contributed by atoms with E-state index in [9.17, 15) is 9.59 Å². The lowest BCUT2D eigenvalue weighted by molar-refractivity contribution is -0.0166. The van der Waals surface area contributed by atoms with Crippen molar-refractivity contribution >= 4 is 34.1 Å². The van der Waals surface area contributed by atoms with E-state index in [4.69, 9.17) is 32.4 Å². The van der Waals surface area contributed by atoms with Crippen molar-refractivity contribution < 1.29 is 9.15 Å². The fraction of sp³-hybridized carbons (Fsp3) is 0.333. The molecule has 7 nitrogen and oxygen atoms in total. The number of aromatic nitrogens is 3. The SMILES string of the molecule is Cc1ccc(C2OCC(C)(C)n3c(-c4ccc(Cl)cc4Cl)c4c(=O)n(C)c(=O)n(C)c4c32)o1. The average molecular weight is 488 g/mol. The minimum Gasteiger partial charge on any atom is -0.463 e. The van der Waals surface area contributed by atoms with Crippen molar-refractivity contribution in [2.75, 3.05) is 6.61 Å². The number of furan rings is 1. The van der Waals surface area contributed by atoms with E-state index in [0.29, 0.717) is 50.3 Å². The smallest absolute Gasteiger partial charge is 0.331 e. The minimum absolute atomic E-state index is 0.359. The Kier molecular flexibility index (Phi) is 4.94. The highest BCUT2D eigenvalue weighted by molar-refractivity contribution is 6.36. The number of rotatable bonds is 2. The Morgan fingerprint density at radius 1 is 1.06 bits per heavy atom. The average Bonchev–Trinajstić information content (AvgIpc) is 3.33. The van der Waals surface area contributed by atoms with E-state index in [1.165, 1.54) is 11.6 Å². The van der Waals surface area contributed by atoms with Crippen LogP contribution in [0.4, 0.5) is 0 Å². The van der Waals surface area contributed by atoms with Gasteiger partial charge in [0.05, 0.1) is 39.5 Å². The van der Waals surface area contributed by atoms with Crippen LogP contribution in [0.25, 0.3) is 22.2 Å². The number of aryl methyl sites for hydroxylation is 2. The lowest BCUT2D eigenvalue weighted by Crippen LogP contribution is -2.40. The topological polar surface area (TPSA) is 71.3 Å². The van der Waals surface area contributed by atoms with Crippen LogP contribution in [0.1, 0.15) is 37.2 Å². The van der Waals surface area contributed by atoms with E-state index in [2.05, 4.69) is 4.57 Å². The van der Waals surface area contributed by atoms with E-state index >= 15 is 0 Å². The fourth-order valence-electron chi connectivity index (χ4n) is 4.74. The van der Waals surface area contributed by atoms with E-state index < -0.39 is 22.9 Å². The zero-order valence-corrected chi connectivity index (χ0v) is 20.4. The summed E-state index contributed by atoms with van der Waals surface area (Å²) < 4.78 is 16.9. The molecule has 3 aromatic heterocycles. The first kappa shape index (κ1) is 22.1. The number of halogens is 2. The highest BCUT2D eigenvalue weighted by atomic mass is 35.5. The third-order valence-corrected chi connectivity index (χ3v) is 6.82. The molecule has 1 aliphatic rings. The molecule has 172 valence electrons. The molecule has 0 fully saturated rings. The van der Waals surface area contributed by atoms with Crippen LogP contribution in [0.15, 0.2) is 44.3 Å². The van der Waals surface area contributed by atoms with Crippen LogP contribution < -0.4 is 11.2 Å². The van der Waals surface area contributed by atoms with Crippen LogP contribution in [-0.2, 0) is 24.4 Å². The molecular formula is C24H23Cl2N3O4. The molecular weight excluding hydrogens is 465 g/mol. The molecule has 0 saturated carbocycles. The maximum atomic E-state index is 13.6. The monoisotopic (exact) mass is 487 g/mol. The van der Waals surface area contributed by atoms with Gasteiger partial charge in [-0.25, -0.2) is 4.79 Å². The van der Waals surface area contributed by atoms with Gasteiger partial charge in [-0.2, -0.15) is 0 Å². The van der Waals surface area contributed by atoms with Crippen molar-refractivity contribution in [2.45, 2.75) is 32.4 Å². The Morgan fingerprint density at radius 3 is 2.42 bits per heavy atom. The lowest BCUT2D eigenvalue weighted by atomic mass is 10.0. The van der Waals surface area contributed by atoms with Gasteiger partial charge < -0.3 is 13.7 Å². The van der Waals surface area contributed by atoms with Gasteiger partial charge in [-0.15, -0.1) is 0 Å². The maximum absolute atomic E-state index is 13.6. The number of nitrogens with zero attached hydrogens (tertiary/aromatic N) is 3. The van der Waals surface area contributed by atoms with E-state index in [-0.39, 0.29) is 0 Å². The minimum atomic E-state index is -0.605. The second kappa shape index (κ2) is 7.38. The third-order valence-electron chi connectivity index (χ3n) is 6.27. The molecule has 5 rings (SSSR count). The largest absolute Gasteiger partial charge is 0.463 e. The second-order valence-corrected chi connectivity index (χ2v) is 9.92. The molecule has 0 amide bonds. The zero-order valence-electron chi connectivity index (χ0n) is 18.9. The number of ether oxygens (including phenoxy) is 1. The molecule has 0 N–H and O–H groups in total. The van der Waals surface area contributed by atoms with E-state index in [1.54, 1.807) is 25.2 Å². The Hall–Kier alpha value is -2.74. The first-order chi connectivity index (χ1) is 15.5. The first-order valence-electron chi connectivity index (χ1n) is 10.5. The van der Waals surface area contributed by atoms with E-state index in [0.717, 1.165) is 10.3 Å². The van der Waals surface area contributed by atoms with Crippen molar-refractivity contribution in [3.63, 3.8) is 0 Å². The molecule has 1 aliphatic heterocycles. The van der Waals surface area contributed by atoms with Gasteiger partial charge in [0.15, 0.2) is 6.10 Å². The second-order valence-electron chi connectivity index (χ2n) is 9.07. The van der Waals surface area contributed by atoms with Gasteiger partial charge in [0, 0.05) is 24.7 Å². The van der Waals surface area contributed by atoms with Gasteiger partial charge in [-0.05, 0) is 51.1 Å². The highest BCUT2D eigenvalue weighted by Crippen LogP contribution is 2.47.